The number of aliphatic carboxylic acids is 2. The van der Waals surface area contributed by atoms with Crippen LogP contribution in [0.5, 0.6) is 0 Å². The summed E-state index contributed by atoms with van der Waals surface area (Å²) in [6, 6.07) is 0. The van der Waals surface area contributed by atoms with E-state index in [4.69, 9.17) is 10.2 Å². The number of hydrogen-bond donors (Lipinski definition) is 2. The molecule has 0 aliphatic carbocycles. The molecule has 0 rings (SSSR count). The van der Waals surface area contributed by atoms with E-state index in [-0.39, 0.29) is 21.1 Å². The second-order valence-corrected chi connectivity index (χ2v) is 15.8. The van der Waals surface area contributed by atoms with Crippen LogP contribution in [0.15, 0.2) is 0 Å². The molecule has 4 nitrogen and oxygen atoms in total. The van der Waals surface area contributed by atoms with Crippen molar-refractivity contribution in [3.63, 3.8) is 0 Å². The molecular weight excluding hydrogens is 519 g/mol. The molecule has 0 bridgehead atoms. The summed E-state index contributed by atoms with van der Waals surface area (Å²) in [5, 5.41) is 16.7. The van der Waals surface area contributed by atoms with Gasteiger partial charge in [0, 0.05) is 12.8 Å². The second-order valence-electron chi connectivity index (χ2n) is 11.5. The van der Waals surface area contributed by atoms with Gasteiger partial charge in [0.1, 0.15) is 0 Å². The molecule has 0 fully saturated rings. The van der Waals surface area contributed by atoms with Crippen LogP contribution in [0.2, 0.25) is 8.87 Å². The van der Waals surface area contributed by atoms with Crippen LogP contribution in [0.1, 0.15) is 145 Å². The Hall–Kier alpha value is -0.261. The minimum absolute atomic E-state index is 0.149. The third-order valence-electron chi connectivity index (χ3n) is 5.05. The summed E-state index contributed by atoms with van der Waals surface area (Å²) in [7, 11) is 0. The van der Waals surface area contributed by atoms with E-state index in [0.717, 1.165) is 38.5 Å². The van der Waals surface area contributed by atoms with E-state index < -0.39 is 11.9 Å². The molecular formula is C28H58O4Sn. The van der Waals surface area contributed by atoms with E-state index in [0.29, 0.717) is 23.7 Å². The first kappa shape index (κ1) is 37.3. The molecule has 0 aromatic heterocycles. The number of hydrogen-bond acceptors (Lipinski definition) is 2. The third-order valence-corrected chi connectivity index (χ3v) is 9.09. The van der Waals surface area contributed by atoms with Crippen LogP contribution in [0.3, 0.4) is 0 Å². The first-order valence-corrected chi connectivity index (χ1v) is 17.4. The first-order valence-electron chi connectivity index (χ1n) is 13.4. The minimum atomic E-state index is -0.675. The van der Waals surface area contributed by atoms with Crippen molar-refractivity contribution >= 4 is 33.1 Å². The van der Waals surface area contributed by atoms with Crippen LogP contribution < -0.4 is 0 Å². The first-order chi connectivity index (χ1) is 15.2. The monoisotopic (exact) mass is 578 g/mol. The molecule has 0 saturated heterocycles. The van der Waals surface area contributed by atoms with E-state index in [9.17, 15) is 9.59 Å². The summed E-state index contributed by atoms with van der Waals surface area (Å²) in [4.78, 5) is 20.3. The van der Waals surface area contributed by atoms with Gasteiger partial charge in [-0.15, -0.1) is 0 Å². The van der Waals surface area contributed by atoms with Crippen molar-refractivity contribution in [2.45, 2.75) is 154 Å². The molecule has 0 spiro atoms. The van der Waals surface area contributed by atoms with Crippen molar-refractivity contribution in [2.24, 2.45) is 10.8 Å². The fraction of sp³-hybridized carbons (Fsp3) is 0.929. The molecule has 2 N–H and O–H groups in total. The van der Waals surface area contributed by atoms with Gasteiger partial charge < -0.3 is 10.2 Å². The van der Waals surface area contributed by atoms with Crippen molar-refractivity contribution in [1.29, 1.82) is 0 Å². The summed E-state index contributed by atoms with van der Waals surface area (Å²) < 4.78 is 3.25. The maximum atomic E-state index is 10.2. The second kappa shape index (κ2) is 24.9. The molecule has 0 aromatic rings. The zero-order chi connectivity index (χ0) is 26.2. The summed E-state index contributed by atoms with van der Waals surface area (Å²) in [6.07, 6.45) is 14.9. The standard InChI is InChI=1S/2C10H20O2.2C4H9.Sn/c2*1-10(2,3)8-6-4-5-7-9(11)12;2*1-3-4-2;/h2*4-8H2,1-3H3,(H,11,12);2*1,3-4H2,2H3;. The zero-order valence-electron chi connectivity index (χ0n) is 23.5. The molecule has 0 atom stereocenters. The predicted molar refractivity (Wildman–Crippen MR) is 146 cm³/mol. The molecule has 0 heterocycles. The Kier molecular flexibility index (Phi) is 28.1. The third kappa shape index (κ3) is 49.8. The molecule has 2 radical (unpaired) electrons. The summed E-state index contributed by atoms with van der Waals surface area (Å²) >= 11 is 0.149. The maximum absolute atomic E-state index is 10.2. The van der Waals surface area contributed by atoms with E-state index in [2.05, 4.69) is 55.4 Å². The number of unbranched alkanes of at least 4 members (excludes halogenated alkanes) is 6. The molecule has 0 aromatic carbocycles. The predicted octanol–water partition coefficient (Wildman–Crippen LogP) is 9.26. The Labute approximate surface area is 217 Å². The average Bonchev–Trinajstić information content (AvgIpc) is 2.66. The fourth-order valence-corrected chi connectivity index (χ4v) is 7.10. The van der Waals surface area contributed by atoms with Gasteiger partial charge in [0.25, 0.3) is 0 Å². The van der Waals surface area contributed by atoms with E-state index in [1.807, 2.05) is 0 Å². The molecule has 5 heteroatoms. The van der Waals surface area contributed by atoms with Gasteiger partial charge in [-0.25, -0.2) is 0 Å². The van der Waals surface area contributed by atoms with E-state index in [1.54, 1.807) is 8.87 Å². The number of carboxylic acid groups (broad SMARTS) is 2. The molecule has 33 heavy (non-hydrogen) atoms. The van der Waals surface area contributed by atoms with Crippen LogP contribution >= 0.6 is 0 Å². The molecule has 0 unspecified atom stereocenters. The van der Waals surface area contributed by atoms with Crippen LogP contribution in [-0.2, 0) is 9.59 Å². The topological polar surface area (TPSA) is 74.6 Å². The van der Waals surface area contributed by atoms with Crippen LogP contribution in [-0.4, -0.2) is 43.3 Å². The number of carbonyl (C=O) groups is 2. The normalized spacial score (nSPS) is 11.2. The van der Waals surface area contributed by atoms with Gasteiger partial charge in [0.2, 0.25) is 0 Å². The van der Waals surface area contributed by atoms with Gasteiger partial charge in [-0.3, -0.25) is 9.59 Å². The van der Waals surface area contributed by atoms with Crippen LogP contribution in [0, 0.1) is 10.8 Å². The Morgan fingerprint density at radius 1 is 0.576 bits per heavy atom. The van der Waals surface area contributed by atoms with Crippen molar-refractivity contribution in [2.75, 3.05) is 0 Å². The molecule has 0 amide bonds. The Balaban J connectivity index is -0.000000414. The average molecular weight is 577 g/mol. The van der Waals surface area contributed by atoms with Gasteiger partial charge in [-0.2, -0.15) is 0 Å². The fourth-order valence-electron chi connectivity index (χ4n) is 2.95. The molecule has 0 saturated carbocycles. The van der Waals surface area contributed by atoms with Gasteiger partial charge in [-0.05, 0) is 36.5 Å². The van der Waals surface area contributed by atoms with E-state index >= 15 is 0 Å². The Morgan fingerprint density at radius 2 is 0.909 bits per heavy atom. The van der Waals surface area contributed by atoms with Crippen molar-refractivity contribution in [3.8, 4) is 0 Å². The van der Waals surface area contributed by atoms with Gasteiger partial charge in [-0.1, -0.05) is 67.2 Å². The number of carboxylic acids is 2. The van der Waals surface area contributed by atoms with Gasteiger partial charge in [0.05, 0.1) is 0 Å². The Bertz CT molecular complexity index is 396. The number of rotatable bonds is 16. The molecule has 0 aliphatic rings. The van der Waals surface area contributed by atoms with Gasteiger partial charge in [0.15, 0.2) is 0 Å². The van der Waals surface area contributed by atoms with Crippen LogP contribution in [0.25, 0.3) is 0 Å². The van der Waals surface area contributed by atoms with Crippen molar-refractivity contribution in [1.82, 2.24) is 0 Å². The molecule has 198 valence electrons. The molecule has 0 aliphatic heterocycles. The summed E-state index contributed by atoms with van der Waals surface area (Å²) in [5.74, 6) is -1.35. The SMILES string of the molecule is CC(C)(C)CCCCCC(=O)O.CC(C)(C)CCCCCC(=O)O.CCC[CH2][Sn][CH2]CCC. The van der Waals surface area contributed by atoms with Crippen molar-refractivity contribution < 1.29 is 19.8 Å². The van der Waals surface area contributed by atoms with Crippen molar-refractivity contribution in [3.05, 3.63) is 0 Å². The summed E-state index contributed by atoms with van der Waals surface area (Å²) in [6.45, 7) is 17.9. The zero-order valence-corrected chi connectivity index (χ0v) is 26.4. The van der Waals surface area contributed by atoms with E-state index in [1.165, 1.54) is 38.5 Å². The van der Waals surface area contributed by atoms with Gasteiger partial charge >= 0.3 is 81.5 Å². The summed E-state index contributed by atoms with van der Waals surface area (Å²) in [5.41, 5.74) is 0.784. The Morgan fingerprint density at radius 3 is 1.15 bits per heavy atom. The quantitative estimate of drug-likeness (QED) is 0.142. The van der Waals surface area contributed by atoms with Crippen LogP contribution in [0.4, 0.5) is 0 Å².